The fourth-order valence-corrected chi connectivity index (χ4v) is 2.65. The summed E-state index contributed by atoms with van der Waals surface area (Å²) >= 11 is 0. The van der Waals surface area contributed by atoms with Crippen molar-refractivity contribution in [1.29, 1.82) is 0 Å². The van der Waals surface area contributed by atoms with Crippen molar-refractivity contribution in [2.75, 3.05) is 13.2 Å². The number of unbranched alkanes of at least 4 members (excludes halogenated alkanes) is 6. The van der Waals surface area contributed by atoms with Crippen LogP contribution in [0.15, 0.2) is 0 Å². The molecular weight excluding hydrogens is 517 g/mol. The van der Waals surface area contributed by atoms with E-state index in [2.05, 4.69) is 76.6 Å². The first-order valence-corrected chi connectivity index (χ1v) is 12.2. The first-order chi connectivity index (χ1) is 16.8. The molecule has 0 aliphatic rings. The van der Waals surface area contributed by atoms with Crippen LogP contribution in [0.5, 0.6) is 0 Å². The summed E-state index contributed by atoms with van der Waals surface area (Å²) < 4.78 is 24.8. The summed E-state index contributed by atoms with van der Waals surface area (Å²) in [6.07, 6.45) is 10.7. The van der Waals surface area contributed by atoms with Crippen LogP contribution >= 0.6 is 7.82 Å². The van der Waals surface area contributed by atoms with E-state index in [0.717, 1.165) is 32.1 Å². The molecule has 0 heterocycles. The Morgan fingerprint density at radius 1 is 0.811 bits per heavy atom. The Morgan fingerprint density at radius 3 is 1.86 bits per heavy atom. The minimum Gasteiger partial charge on any atom is -0.790 e. The van der Waals surface area contributed by atoms with Gasteiger partial charge in [0, 0.05) is 12.3 Å². The minimum absolute atomic E-state index is 0. The van der Waals surface area contributed by atoms with Crippen molar-refractivity contribution >= 4 is 19.8 Å². The van der Waals surface area contributed by atoms with Gasteiger partial charge in [0.1, 0.15) is 6.61 Å². The van der Waals surface area contributed by atoms with Gasteiger partial charge in [0.2, 0.25) is 0 Å². The maximum absolute atomic E-state index is 12.0. The van der Waals surface area contributed by atoms with Crippen molar-refractivity contribution in [3.8, 4) is 71.5 Å². The average Bonchev–Trinajstić information content (AvgIpc) is 2.81. The van der Waals surface area contributed by atoms with Gasteiger partial charge >= 0.3 is 71.1 Å². The molecule has 0 aromatic carbocycles. The molecule has 11 heteroatoms. The Bertz CT molecular complexity index is 1100. The molecule has 1 atom stereocenters. The van der Waals surface area contributed by atoms with Crippen molar-refractivity contribution in [2.24, 2.45) is 0 Å². The molecule has 184 valence electrons. The predicted molar refractivity (Wildman–Crippen MR) is 125 cm³/mol. The number of terminal acetylenes is 1. The van der Waals surface area contributed by atoms with Gasteiger partial charge in [0.25, 0.3) is 0 Å². The van der Waals surface area contributed by atoms with Crippen LogP contribution < -0.4 is 68.9 Å². The molecule has 0 rings (SSSR count). The quantitative estimate of drug-likeness (QED) is 0.0535. The second-order valence-corrected chi connectivity index (χ2v) is 7.87. The summed E-state index contributed by atoms with van der Waals surface area (Å²) in [5.41, 5.74) is 0. The molecule has 0 aromatic rings. The van der Waals surface area contributed by atoms with E-state index < -0.39 is 39.1 Å². The van der Waals surface area contributed by atoms with Crippen molar-refractivity contribution in [2.45, 2.75) is 64.4 Å². The number of phosphoric acid groups is 1. The molecule has 0 unspecified atom stereocenters. The van der Waals surface area contributed by atoms with Crippen LogP contribution in [0, 0.1) is 71.5 Å². The Hall–Kier alpha value is -1.59. The van der Waals surface area contributed by atoms with Gasteiger partial charge in [-0.1, -0.05) is 45.4 Å². The zero-order valence-corrected chi connectivity index (χ0v) is 26.3. The van der Waals surface area contributed by atoms with Gasteiger partial charge in [-0.25, -0.2) is 4.79 Å². The van der Waals surface area contributed by atoms with E-state index in [-0.39, 0.29) is 65.5 Å². The van der Waals surface area contributed by atoms with Gasteiger partial charge in [-0.05, 0) is 65.6 Å². The zero-order valence-electron chi connectivity index (χ0n) is 21.4. The van der Waals surface area contributed by atoms with E-state index in [4.69, 9.17) is 15.9 Å². The number of carbonyl (C=O) groups excluding carboxylic acids is 2. The number of hydrogen-bond donors (Lipinski definition) is 0. The molecule has 0 N–H and O–H groups in total. The van der Waals surface area contributed by atoms with Gasteiger partial charge in [-0.2, -0.15) is 0 Å². The van der Waals surface area contributed by atoms with E-state index in [1.165, 1.54) is 6.42 Å². The predicted octanol–water partition coefficient (Wildman–Crippen LogP) is -4.91. The fraction of sp³-hybridized carbons (Fsp3) is 0.462. The van der Waals surface area contributed by atoms with Crippen molar-refractivity contribution in [3.05, 3.63) is 0 Å². The smallest absolute Gasteiger partial charge is 0.790 e. The molecule has 0 aliphatic heterocycles. The normalized spacial score (nSPS) is 9.35. The molecule has 0 fully saturated rings. The van der Waals surface area contributed by atoms with Crippen LogP contribution in [0.2, 0.25) is 0 Å². The van der Waals surface area contributed by atoms with Gasteiger partial charge in [0.15, 0.2) is 6.10 Å². The molecule has 37 heavy (non-hydrogen) atoms. The fourth-order valence-electron chi connectivity index (χ4n) is 2.30. The van der Waals surface area contributed by atoms with E-state index in [0.29, 0.717) is 6.42 Å². The largest absolute Gasteiger partial charge is 1.00 e. The maximum atomic E-state index is 12.0. The van der Waals surface area contributed by atoms with Crippen molar-refractivity contribution in [3.63, 3.8) is 0 Å². The topological polar surface area (TPSA) is 125 Å². The van der Waals surface area contributed by atoms with Gasteiger partial charge in [0.05, 0.1) is 14.4 Å². The first-order valence-electron chi connectivity index (χ1n) is 10.8. The van der Waals surface area contributed by atoms with Crippen LogP contribution in [0.25, 0.3) is 0 Å². The molecule has 0 saturated heterocycles. The molecule has 0 radical (unpaired) electrons. The Kier molecular flexibility index (Phi) is 29.6. The summed E-state index contributed by atoms with van der Waals surface area (Å²) in [4.78, 5) is 45.1. The third-order valence-electron chi connectivity index (χ3n) is 3.84. The second kappa shape index (κ2) is 27.4. The van der Waals surface area contributed by atoms with Crippen molar-refractivity contribution < 1.29 is 97.1 Å². The SMILES string of the molecule is C#CC#CC#CC#CC#CC#CC(=O)OC[C@@H](COP(=O)([O-])[O-])OC(=O)CCCCCCCCC.[Na+].[Na+]. The van der Waals surface area contributed by atoms with Gasteiger partial charge in [-0.3, -0.25) is 4.79 Å². The summed E-state index contributed by atoms with van der Waals surface area (Å²) in [7, 11) is -5.31. The number of hydrogen-bond acceptors (Lipinski definition) is 8. The molecule has 0 amide bonds. The number of rotatable bonds is 14. The summed E-state index contributed by atoms with van der Waals surface area (Å²) in [5.74, 6) is 23.4. The number of ether oxygens (including phenoxy) is 2. The van der Waals surface area contributed by atoms with Crippen LogP contribution in [0.4, 0.5) is 0 Å². The standard InChI is InChI=1S/C26H27O8P.2Na/c1-3-5-7-9-11-12-13-15-16-18-20-25(27)32-22-24(23-33-35(29,30)31)34-26(28)21-19-17-14-10-8-6-4-2;;/h1,24H,4,6,8,10,14,17,19,21-23H2,2H3,(H2,29,30,31);;/q;2*+1/p-2/t24-;;/m0../s1. The van der Waals surface area contributed by atoms with E-state index in [1.54, 1.807) is 0 Å². The second-order valence-electron chi connectivity index (χ2n) is 6.72. The number of phosphoric ester groups is 1. The third-order valence-corrected chi connectivity index (χ3v) is 4.30. The summed E-state index contributed by atoms with van der Waals surface area (Å²) in [5, 5.41) is 0. The van der Waals surface area contributed by atoms with Crippen LogP contribution in [-0.2, 0) is 28.2 Å². The molecular formula is C26H25Na2O8P. The summed E-state index contributed by atoms with van der Waals surface area (Å²) in [6.45, 7) is 0.788. The van der Waals surface area contributed by atoms with Gasteiger partial charge < -0.3 is 28.3 Å². The van der Waals surface area contributed by atoms with Crippen LogP contribution in [0.1, 0.15) is 58.3 Å². The molecule has 0 saturated carbocycles. The molecule has 0 aliphatic carbocycles. The molecule has 8 nitrogen and oxygen atoms in total. The maximum Gasteiger partial charge on any atom is 1.00 e. The van der Waals surface area contributed by atoms with E-state index >= 15 is 0 Å². The molecule has 0 aromatic heterocycles. The first kappa shape index (κ1) is 39.9. The Morgan fingerprint density at radius 2 is 1.32 bits per heavy atom. The van der Waals surface area contributed by atoms with Gasteiger partial charge in [-0.15, -0.1) is 6.42 Å². The Balaban J connectivity index is -0.00000578. The molecule has 0 bridgehead atoms. The number of esters is 2. The average molecular weight is 542 g/mol. The number of carbonyl (C=O) groups is 2. The van der Waals surface area contributed by atoms with Crippen LogP contribution in [0.3, 0.4) is 0 Å². The Labute approximate surface area is 263 Å². The summed E-state index contributed by atoms with van der Waals surface area (Å²) in [6, 6.07) is 0. The van der Waals surface area contributed by atoms with Crippen LogP contribution in [-0.4, -0.2) is 31.3 Å². The zero-order chi connectivity index (χ0) is 26.2. The monoisotopic (exact) mass is 542 g/mol. The van der Waals surface area contributed by atoms with E-state index in [9.17, 15) is 23.9 Å². The van der Waals surface area contributed by atoms with E-state index in [1.807, 2.05) is 0 Å². The third kappa shape index (κ3) is 30.5. The minimum atomic E-state index is -5.31. The van der Waals surface area contributed by atoms with Crippen molar-refractivity contribution in [1.82, 2.24) is 0 Å². The molecule has 0 spiro atoms.